The molecule has 3 aromatic carbocycles. The number of hydrogen-bond donors (Lipinski definition) is 2. The molecule has 0 fully saturated rings. The van der Waals surface area contributed by atoms with Gasteiger partial charge in [-0.3, -0.25) is 0 Å². The van der Waals surface area contributed by atoms with Gasteiger partial charge in [-0.1, -0.05) is 79.5 Å². The number of hydrogen-bond acceptors (Lipinski definition) is 4. The molecule has 0 amide bonds. The van der Waals surface area contributed by atoms with E-state index in [0.717, 1.165) is 33.7 Å². The first kappa shape index (κ1) is 23.3. The van der Waals surface area contributed by atoms with Crippen molar-refractivity contribution < 1.29 is 9.90 Å². The van der Waals surface area contributed by atoms with Crippen LogP contribution in [0.3, 0.4) is 0 Å². The Morgan fingerprint density at radius 1 is 0.970 bits per heavy atom. The number of halogens is 2. The van der Waals surface area contributed by atoms with Crippen LogP contribution in [0.2, 0.25) is 10.0 Å². The van der Waals surface area contributed by atoms with Gasteiger partial charge in [-0.05, 0) is 47.7 Å². The number of anilines is 2. The zero-order valence-electron chi connectivity index (χ0n) is 18.1. The van der Waals surface area contributed by atoms with Gasteiger partial charge in [-0.15, -0.1) is 11.3 Å². The van der Waals surface area contributed by atoms with Gasteiger partial charge in [-0.25, -0.2) is 9.78 Å². The average molecular weight is 497 g/mol. The first-order valence-corrected chi connectivity index (χ1v) is 12.0. The second-order valence-electron chi connectivity index (χ2n) is 8.07. The fourth-order valence-electron chi connectivity index (χ4n) is 3.54. The number of aromatic nitrogens is 1. The molecule has 0 unspecified atom stereocenters. The van der Waals surface area contributed by atoms with Crippen molar-refractivity contribution in [1.29, 1.82) is 0 Å². The van der Waals surface area contributed by atoms with Gasteiger partial charge in [0.2, 0.25) is 0 Å². The van der Waals surface area contributed by atoms with Gasteiger partial charge in [0, 0.05) is 10.4 Å². The van der Waals surface area contributed by atoms with E-state index in [1.54, 1.807) is 18.2 Å². The van der Waals surface area contributed by atoms with Crippen molar-refractivity contribution in [2.75, 3.05) is 5.32 Å². The second kappa shape index (κ2) is 9.96. The molecule has 168 valence electrons. The molecule has 0 spiro atoms. The Bertz CT molecular complexity index is 1300. The Morgan fingerprint density at radius 3 is 2.36 bits per heavy atom. The normalized spacial score (nSPS) is 11.1. The van der Waals surface area contributed by atoms with Crippen molar-refractivity contribution in [2.24, 2.45) is 5.92 Å². The fourth-order valence-corrected chi connectivity index (χ4v) is 5.05. The van der Waals surface area contributed by atoms with Crippen LogP contribution in [0.15, 0.2) is 66.7 Å². The monoisotopic (exact) mass is 496 g/mol. The summed E-state index contributed by atoms with van der Waals surface area (Å²) in [4.78, 5) is 17.9. The zero-order chi connectivity index (χ0) is 23.5. The largest absolute Gasteiger partial charge is 0.478 e. The number of aromatic carboxylic acids is 1. The van der Waals surface area contributed by atoms with Crippen LogP contribution < -0.4 is 5.32 Å². The van der Waals surface area contributed by atoms with Gasteiger partial charge in [-0.2, -0.15) is 0 Å². The molecule has 0 atom stereocenters. The van der Waals surface area contributed by atoms with Gasteiger partial charge < -0.3 is 10.4 Å². The van der Waals surface area contributed by atoms with E-state index in [-0.39, 0.29) is 5.56 Å². The molecule has 0 aliphatic rings. The van der Waals surface area contributed by atoms with Crippen molar-refractivity contribution in [3.8, 4) is 22.4 Å². The highest BCUT2D eigenvalue weighted by Gasteiger charge is 2.18. The quantitative estimate of drug-likeness (QED) is 0.269. The first-order valence-electron chi connectivity index (χ1n) is 10.5. The molecule has 0 saturated heterocycles. The Labute approximate surface area is 206 Å². The molecular weight excluding hydrogens is 475 g/mol. The molecule has 0 aliphatic carbocycles. The van der Waals surface area contributed by atoms with Crippen LogP contribution in [0.4, 0.5) is 10.8 Å². The Balaban J connectivity index is 1.72. The second-order valence-corrected chi connectivity index (χ2v) is 9.97. The number of benzene rings is 3. The number of thiazole rings is 1. The van der Waals surface area contributed by atoms with E-state index >= 15 is 0 Å². The highest BCUT2D eigenvalue weighted by Crippen LogP contribution is 2.37. The number of carboxylic acid groups (broad SMARTS) is 1. The van der Waals surface area contributed by atoms with Gasteiger partial charge in [0.05, 0.1) is 27.0 Å². The van der Waals surface area contributed by atoms with E-state index in [1.807, 2.05) is 48.5 Å². The molecule has 4 aromatic rings. The van der Waals surface area contributed by atoms with Gasteiger partial charge >= 0.3 is 5.97 Å². The minimum atomic E-state index is -1.00. The summed E-state index contributed by atoms with van der Waals surface area (Å²) < 4.78 is 0. The SMILES string of the molecule is CC(C)Cc1sc(Nc2ccc(-c3ccccc3)cc2C(=O)O)nc1-c1ccc(Cl)c(Cl)c1. The molecule has 2 N–H and O–H groups in total. The molecule has 4 rings (SSSR count). The summed E-state index contributed by atoms with van der Waals surface area (Å²) in [5.41, 5.74) is 4.19. The maximum Gasteiger partial charge on any atom is 0.337 e. The van der Waals surface area contributed by atoms with Crippen LogP contribution >= 0.6 is 34.5 Å². The van der Waals surface area contributed by atoms with E-state index < -0.39 is 5.97 Å². The van der Waals surface area contributed by atoms with Crippen LogP contribution in [0.25, 0.3) is 22.4 Å². The third-order valence-electron chi connectivity index (χ3n) is 5.08. The molecule has 0 bridgehead atoms. The highest BCUT2D eigenvalue weighted by molar-refractivity contribution is 7.16. The number of nitrogens with one attached hydrogen (secondary N) is 1. The van der Waals surface area contributed by atoms with E-state index in [0.29, 0.717) is 26.8 Å². The summed E-state index contributed by atoms with van der Waals surface area (Å²) in [6.07, 6.45) is 0.841. The molecule has 0 radical (unpaired) electrons. The first-order chi connectivity index (χ1) is 15.8. The summed E-state index contributed by atoms with van der Waals surface area (Å²) in [6, 6.07) is 20.5. The minimum absolute atomic E-state index is 0.188. The Kier molecular flexibility index (Phi) is 7.03. The third-order valence-corrected chi connectivity index (χ3v) is 6.81. The van der Waals surface area contributed by atoms with Crippen molar-refractivity contribution >= 4 is 51.3 Å². The lowest BCUT2D eigenvalue weighted by Gasteiger charge is -2.10. The van der Waals surface area contributed by atoms with Gasteiger partial charge in [0.15, 0.2) is 5.13 Å². The lowest BCUT2D eigenvalue weighted by molar-refractivity contribution is 0.0698. The predicted octanol–water partition coefficient (Wildman–Crippen LogP) is 8.42. The Morgan fingerprint density at radius 2 is 1.70 bits per heavy atom. The molecular formula is C26H22Cl2N2O2S. The summed E-state index contributed by atoms with van der Waals surface area (Å²) in [5.74, 6) is -0.571. The van der Waals surface area contributed by atoms with E-state index in [9.17, 15) is 9.90 Å². The predicted molar refractivity (Wildman–Crippen MR) is 138 cm³/mol. The fraction of sp³-hybridized carbons (Fsp3) is 0.154. The van der Waals surface area contributed by atoms with Crippen LogP contribution in [0.1, 0.15) is 29.1 Å². The van der Waals surface area contributed by atoms with Crippen LogP contribution in [0.5, 0.6) is 0 Å². The van der Waals surface area contributed by atoms with E-state index in [2.05, 4.69) is 19.2 Å². The van der Waals surface area contributed by atoms with Gasteiger partial charge in [0.25, 0.3) is 0 Å². The van der Waals surface area contributed by atoms with Crippen LogP contribution in [-0.2, 0) is 6.42 Å². The van der Waals surface area contributed by atoms with Crippen LogP contribution in [0, 0.1) is 5.92 Å². The summed E-state index contributed by atoms with van der Waals surface area (Å²) in [5, 5.41) is 14.7. The highest BCUT2D eigenvalue weighted by atomic mass is 35.5. The van der Waals surface area contributed by atoms with E-state index in [1.165, 1.54) is 11.3 Å². The number of nitrogens with zero attached hydrogens (tertiary/aromatic N) is 1. The summed E-state index contributed by atoms with van der Waals surface area (Å²) >= 11 is 13.9. The molecule has 7 heteroatoms. The molecule has 1 aromatic heterocycles. The van der Waals surface area contributed by atoms with Gasteiger partial charge in [0.1, 0.15) is 0 Å². The number of rotatable bonds is 7. The molecule has 0 aliphatic heterocycles. The third kappa shape index (κ3) is 5.38. The lowest BCUT2D eigenvalue weighted by Crippen LogP contribution is -2.03. The standard InChI is InChI=1S/C26H22Cl2N2O2S/c1-15(2)12-23-24(18-8-10-20(27)21(28)14-18)30-26(33-23)29-22-11-9-17(13-19(22)25(31)32)16-6-4-3-5-7-16/h3-11,13-15H,12H2,1-2H3,(H,29,30)(H,31,32). The maximum absolute atomic E-state index is 12.0. The van der Waals surface area contributed by atoms with E-state index in [4.69, 9.17) is 28.2 Å². The van der Waals surface area contributed by atoms with Crippen molar-refractivity contribution in [3.63, 3.8) is 0 Å². The number of carboxylic acids is 1. The molecule has 33 heavy (non-hydrogen) atoms. The van der Waals surface area contributed by atoms with Crippen molar-refractivity contribution in [1.82, 2.24) is 4.98 Å². The van der Waals surface area contributed by atoms with Crippen molar-refractivity contribution in [2.45, 2.75) is 20.3 Å². The Hall–Kier alpha value is -2.86. The lowest BCUT2D eigenvalue weighted by atomic mass is 10.0. The minimum Gasteiger partial charge on any atom is -0.478 e. The topological polar surface area (TPSA) is 62.2 Å². The van der Waals surface area contributed by atoms with Crippen LogP contribution in [-0.4, -0.2) is 16.1 Å². The molecule has 1 heterocycles. The average Bonchev–Trinajstić information content (AvgIpc) is 3.17. The summed E-state index contributed by atoms with van der Waals surface area (Å²) in [7, 11) is 0. The molecule has 0 saturated carbocycles. The maximum atomic E-state index is 12.0. The molecule has 4 nitrogen and oxygen atoms in total. The van der Waals surface area contributed by atoms with Crippen molar-refractivity contribution in [3.05, 3.63) is 87.2 Å². The zero-order valence-corrected chi connectivity index (χ0v) is 20.4. The smallest absolute Gasteiger partial charge is 0.337 e. The number of carbonyl (C=O) groups is 1. The summed E-state index contributed by atoms with van der Waals surface area (Å²) in [6.45, 7) is 4.30.